The van der Waals surface area contributed by atoms with Crippen molar-refractivity contribution in [2.45, 2.75) is 39.7 Å². The first-order valence-electron chi connectivity index (χ1n) is 12.5. The lowest BCUT2D eigenvalue weighted by Gasteiger charge is -2.40. The van der Waals surface area contributed by atoms with E-state index in [4.69, 9.17) is 18.9 Å². The van der Waals surface area contributed by atoms with Gasteiger partial charge in [0.05, 0.1) is 45.0 Å². The number of rotatable bonds is 10. The fourth-order valence-electron chi connectivity index (χ4n) is 4.89. The summed E-state index contributed by atoms with van der Waals surface area (Å²) in [6.07, 6.45) is 1.57. The Morgan fingerprint density at radius 2 is 1.83 bits per heavy atom. The molecule has 0 unspecified atom stereocenters. The number of esters is 2. The Hall–Kier alpha value is -3.27. The molecule has 0 saturated carbocycles. The average molecular weight is 504 g/mol. The normalized spacial score (nSPS) is 20.6. The number of urea groups is 1. The minimum absolute atomic E-state index is 0.187. The van der Waals surface area contributed by atoms with Gasteiger partial charge >= 0.3 is 18.0 Å². The summed E-state index contributed by atoms with van der Waals surface area (Å²) < 4.78 is 21.8. The van der Waals surface area contributed by atoms with E-state index in [9.17, 15) is 14.4 Å². The summed E-state index contributed by atoms with van der Waals surface area (Å²) in [6.45, 7) is 7.82. The van der Waals surface area contributed by atoms with Gasteiger partial charge in [-0.15, -0.1) is 0 Å². The Balaban J connectivity index is 2.09. The Morgan fingerprint density at radius 3 is 2.47 bits per heavy atom. The Bertz CT molecular complexity index is 994. The van der Waals surface area contributed by atoms with E-state index in [0.29, 0.717) is 54.6 Å². The van der Waals surface area contributed by atoms with Gasteiger partial charge in [0.25, 0.3) is 0 Å². The first kappa shape index (κ1) is 27.3. The number of hydrogen-bond donors (Lipinski definition) is 1. The number of amides is 2. The maximum atomic E-state index is 13.4. The van der Waals surface area contributed by atoms with E-state index in [1.54, 1.807) is 36.9 Å². The molecule has 0 aromatic heterocycles. The molecule has 3 rings (SSSR count). The van der Waals surface area contributed by atoms with Gasteiger partial charge < -0.3 is 24.3 Å². The van der Waals surface area contributed by atoms with E-state index in [1.165, 1.54) is 14.2 Å². The quantitative estimate of drug-likeness (QED) is 0.486. The highest BCUT2D eigenvalue weighted by Crippen LogP contribution is 2.40. The summed E-state index contributed by atoms with van der Waals surface area (Å²) >= 11 is 0. The van der Waals surface area contributed by atoms with Gasteiger partial charge in [-0.1, -0.05) is 12.1 Å². The van der Waals surface area contributed by atoms with Crippen LogP contribution in [0.25, 0.3) is 0 Å². The topological polar surface area (TPSA) is 107 Å². The van der Waals surface area contributed by atoms with Gasteiger partial charge in [0.2, 0.25) is 0 Å². The molecular weight excluding hydrogens is 466 g/mol. The molecule has 0 spiro atoms. The third-order valence-corrected chi connectivity index (χ3v) is 6.49. The van der Waals surface area contributed by atoms with Crippen molar-refractivity contribution < 1.29 is 33.3 Å². The van der Waals surface area contributed by atoms with Gasteiger partial charge in [0, 0.05) is 30.9 Å². The van der Waals surface area contributed by atoms with Crippen molar-refractivity contribution in [1.82, 2.24) is 15.1 Å². The number of para-hydroxylation sites is 1. The molecular formula is C26H37N3O7. The van der Waals surface area contributed by atoms with Gasteiger partial charge in [-0.2, -0.15) is 0 Å². The average Bonchev–Trinajstić information content (AvgIpc) is 2.88. The number of piperidine rings is 1. The number of likely N-dealkylation sites (tertiary alicyclic amines) is 1. The monoisotopic (exact) mass is 503 g/mol. The Morgan fingerprint density at radius 1 is 1.08 bits per heavy atom. The van der Waals surface area contributed by atoms with Gasteiger partial charge in [0.15, 0.2) is 11.5 Å². The molecule has 2 aliphatic heterocycles. The molecule has 1 saturated heterocycles. The van der Waals surface area contributed by atoms with E-state index in [-0.39, 0.29) is 24.5 Å². The van der Waals surface area contributed by atoms with E-state index in [0.717, 1.165) is 19.4 Å². The number of nitrogens with one attached hydrogen (secondary N) is 1. The maximum Gasteiger partial charge on any atom is 0.338 e. The van der Waals surface area contributed by atoms with Crippen LogP contribution in [0.2, 0.25) is 0 Å². The number of likely N-dealkylation sites (N-methyl/N-ethyl adjacent to an activating group) is 1. The van der Waals surface area contributed by atoms with Gasteiger partial charge in [-0.25, -0.2) is 9.59 Å². The molecule has 10 heteroatoms. The fraction of sp³-hybridized carbons (Fsp3) is 0.577. The summed E-state index contributed by atoms with van der Waals surface area (Å²) in [5, 5.41) is 2.96. The van der Waals surface area contributed by atoms with E-state index >= 15 is 0 Å². The number of carbonyl (C=O) groups excluding carboxylic acids is 3. The van der Waals surface area contributed by atoms with Crippen molar-refractivity contribution >= 4 is 18.0 Å². The summed E-state index contributed by atoms with van der Waals surface area (Å²) in [7, 11) is 3.05. The van der Waals surface area contributed by atoms with E-state index in [2.05, 4.69) is 10.2 Å². The second-order valence-electron chi connectivity index (χ2n) is 8.62. The van der Waals surface area contributed by atoms with Gasteiger partial charge in [-0.05, 0) is 46.2 Å². The van der Waals surface area contributed by atoms with Gasteiger partial charge in [-0.3, -0.25) is 14.6 Å². The lowest BCUT2D eigenvalue weighted by molar-refractivity contribution is -0.150. The van der Waals surface area contributed by atoms with E-state index < -0.39 is 12.0 Å². The zero-order chi connectivity index (χ0) is 26.2. The molecule has 1 fully saturated rings. The summed E-state index contributed by atoms with van der Waals surface area (Å²) in [4.78, 5) is 42.7. The number of ether oxygens (including phenoxy) is 4. The van der Waals surface area contributed by atoms with Crippen LogP contribution in [-0.2, 0) is 19.1 Å². The molecule has 0 bridgehead atoms. The summed E-state index contributed by atoms with van der Waals surface area (Å²) in [6, 6.07) is 4.21. The van der Waals surface area contributed by atoms with Crippen LogP contribution >= 0.6 is 0 Å². The zero-order valence-electron chi connectivity index (χ0n) is 21.8. The standard InChI is InChI=1S/C26H37N3O7/c1-6-29-19(16-28-14-10-11-17(15-28)24(30)35-7-2)21(25(31)36-8-3)22(27-26(29)32)18-12-9-13-20(33-4)23(18)34-5/h9,12-13,17,22H,6-8,10-11,14-16H2,1-5H3,(H,27,32)/t17-,22-/m0/s1. The lowest BCUT2D eigenvalue weighted by atomic mass is 9.92. The van der Waals surface area contributed by atoms with E-state index in [1.807, 2.05) is 6.92 Å². The maximum absolute atomic E-state index is 13.4. The van der Waals surface area contributed by atoms with Crippen molar-refractivity contribution in [1.29, 1.82) is 0 Å². The minimum atomic E-state index is -0.801. The molecule has 2 heterocycles. The third kappa shape index (κ3) is 5.75. The largest absolute Gasteiger partial charge is 0.493 e. The second-order valence-corrected chi connectivity index (χ2v) is 8.62. The first-order valence-corrected chi connectivity index (χ1v) is 12.5. The number of nitrogens with zero attached hydrogens (tertiary/aromatic N) is 2. The number of benzene rings is 1. The molecule has 1 aromatic carbocycles. The van der Waals surface area contributed by atoms with Crippen molar-refractivity contribution in [3.8, 4) is 11.5 Å². The summed E-state index contributed by atoms with van der Waals surface area (Å²) in [5.74, 6) is -0.0570. The second kappa shape index (κ2) is 12.6. The highest BCUT2D eigenvalue weighted by Gasteiger charge is 2.40. The van der Waals surface area contributed by atoms with Crippen LogP contribution < -0.4 is 14.8 Å². The smallest absolute Gasteiger partial charge is 0.338 e. The predicted molar refractivity (Wildman–Crippen MR) is 133 cm³/mol. The van der Waals surface area contributed by atoms with Gasteiger partial charge in [0.1, 0.15) is 0 Å². The molecule has 1 N–H and O–H groups in total. The molecule has 2 aliphatic rings. The van der Waals surface area contributed by atoms with Crippen LogP contribution in [0.5, 0.6) is 11.5 Å². The first-order chi connectivity index (χ1) is 17.4. The highest BCUT2D eigenvalue weighted by atomic mass is 16.5. The van der Waals surface area contributed by atoms with Crippen LogP contribution in [0.1, 0.15) is 45.2 Å². The molecule has 10 nitrogen and oxygen atoms in total. The summed E-state index contributed by atoms with van der Waals surface area (Å²) in [5.41, 5.74) is 1.48. The van der Waals surface area contributed by atoms with Crippen molar-refractivity contribution in [2.24, 2.45) is 5.92 Å². The third-order valence-electron chi connectivity index (χ3n) is 6.49. The molecule has 0 aliphatic carbocycles. The molecule has 1 aromatic rings. The Kier molecular flexibility index (Phi) is 9.58. The van der Waals surface area contributed by atoms with Crippen molar-refractivity contribution in [3.63, 3.8) is 0 Å². The SMILES string of the molecule is CCOC(=O)C1=C(CN2CCC[C@H](C(=O)OCC)C2)N(CC)C(=O)N[C@H]1c1cccc(OC)c1OC. The molecule has 0 radical (unpaired) electrons. The lowest BCUT2D eigenvalue weighted by Crippen LogP contribution is -2.52. The number of carbonyl (C=O) groups is 3. The Labute approximate surface area is 212 Å². The van der Waals surface area contributed by atoms with Crippen LogP contribution in [0.3, 0.4) is 0 Å². The molecule has 36 heavy (non-hydrogen) atoms. The predicted octanol–water partition coefficient (Wildman–Crippen LogP) is 2.88. The van der Waals surface area contributed by atoms with Crippen LogP contribution in [-0.4, -0.2) is 81.4 Å². The van der Waals surface area contributed by atoms with Crippen molar-refractivity contribution in [3.05, 3.63) is 35.0 Å². The molecule has 2 atom stereocenters. The number of hydrogen-bond acceptors (Lipinski definition) is 8. The minimum Gasteiger partial charge on any atom is -0.493 e. The molecule has 2 amide bonds. The molecule has 198 valence electrons. The van der Waals surface area contributed by atoms with Crippen LogP contribution in [0.4, 0.5) is 4.79 Å². The highest BCUT2D eigenvalue weighted by molar-refractivity contribution is 5.95. The van der Waals surface area contributed by atoms with Crippen molar-refractivity contribution in [2.75, 3.05) is 53.6 Å². The van der Waals surface area contributed by atoms with Crippen LogP contribution in [0.15, 0.2) is 29.5 Å². The van der Waals surface area contributed by atoms with Crippen LogP contribution in [0, 0.1) is 5.92 Å². The number of methoxy groups -OCH3 is 2. The zero-order valence-corrected chi connectivity index (χ0v) is 21.8. The fourth-order valence-corrected chi connectivity index (χ4v) is 4.89.